The van der Waals surface area contributed by atoms with Crippen molar-refractivity contribution in [2.75, 3.05) is 0 Å². The Morgan fingerprint density at radius 2 is 0.111 bits per heavy atom. The van der Waals surface area contributed by atoms with Crippen LogP contribution in [0, 0.1) is 0 Å². The van der Waals surface area contributed by atoms with Gasteiger partial charge in [-0.1, -0.05) is 0 Å². The summed E-state index contributed by atoms with van der Waals surface area (Å²) in [5.74, 6) is 0. The second-order valence-electron chi connectivity index (χ2n) is 0. The van der Waals surface area contributed by atoms with Crippen LogP contribution >= 0.6 is 0 Å². The third-order valence-corrected chi connectivity index (χ3v) is 0. The molecule has 18 heteroatoms. The van der Waals surface area contributed by atoms with Gasteiger partial charge in [0.15, 0.2) is 0 Å². The largest absolute Gasteiger partial charge is 1.00 e. The molecule has 0 radical (unpaired) electrons. The van der Waals surface area contributed by atoms with Crippen LogP contribution in [0.25, 0.3) is 0 Å². The van der Waals surface area contributed by atoms with E-state index in [1.54, 1.807) is 0 Å². The summed E-state index contributed by atoms with van der Waals surface area (Å²) in [7, 11) is 0. The van der Waals surface area contributed by atoms with Crippen LogP contribution in [0.5, 0.6) is 0 Å². The average Bonchev–Trinajstić information content (AvgIpc) is 0. The summed E-state index contributed by atoms with van der Waals surface area (Å²) >= 11 is 0. The number of rotatable bonds is 0. The van der Waals surface area contributed by atoms with Gasteiger partial charge in [-0.3, -0.25) is 0 Å². The molecule has 0 saturated heterocycles. The standard InChI is InChI=1S/9Na.9H2O/h;;;;;;;;;9*1H2/q9*+1;;;;;;;;;/p-9. The summed E-state index contributed by atoms with van der Waals surface area (Å²) in [5, 5.41) is 0. The zero-order valence-corrected chi connectivity index (χ0v) is 31.0. The normalized spacial score (nSPS) is 0. The van der Waals surface area contributed by atoms with E-state index in [0.717, 1.165) is 0 Å². The van der Waals surface area contributed by atoms with Crippen molar-refractivity contribution >= 4 is 0 Å². The maximum atomic E-state index is 0. The first kappa shape index (κ1) is 235. The van der Waals surface area contributed by atoms with Gasteiger partial charge in [-0.15, -0.1) is 0 Å². The van der Waals surface area contributed by atoms with Crippen LogP contribution in [-0.4, -0.2) is 49.3 Å². The topological polar surface area (TPSA) is 270 Å². The van der Waals surface area contributed by atoms with Gasteiger partial charge in [-0.2, -0.15) is 0 Å². The monoisotopic (exact) mass is 360 g/mol. The molecule has 0 aromatic carbocycles. The molecule has 72 valence electrons. The Morgan fingerprint density at radius 1 is 0.111 bits per heavy atom. The summed E-state index contributed by atoms with van der Waals surface area (Å²) in [5.41, 5.74) is 0. The first-order valence-corrected chi connectivity index (χ1v) is 0. The predicted octanol–water partition coefficient (Wildman–Crippen LogP) is -28.6. The van der Waals surface area contributed by atoms with Gasteiger partial charge in [0.2, 0.25) is 0 Å². The van der Waals surface area contributed by atoms with Gasteiger partial charge in [-0.05, 0) is 0 Å². The molecule has 0 fully saturated rings. The predicted molar refractivity (Wildman–Crippen MR) is 17.4 cm³/mol. The van der Waals surface area contributed by atoms with Crippen molar-refractivity contribution in [3.63, 3.8) is 0 Å². The van der Waals surface area contributed by atoms with Gasteiger partial charge in [-0.25, -0.2) is 0 Å². The molecule has 0 aliphatic rings. The van der Waals surface area contributed by atoms with Crippen LogP contribution in [-0.2, 0) is 0 Å². The molecule has 0 aromatic rings. The molecule has 9 N–H and O–H groups in total. The van der Waals surface area contributed by atoms with Crippen molar-refractivity contribution in [2.24, 2.45) is 0 Å². The fourth-order valence-electron chi connectivity index (χ4n) is 0. The first-order valence-electron chi connectivity index (χ1n) is 0. The number of hydrogen-bond acceptors (Lipinski definition) is 9. The molecule has 18 heavy (non-hydrogen) atoms. The zero-order chi connectivity index (χ0) is 0. The summed E-state index contributed by atoms with van der Waals surface area (Å²) < 4.78 is 0. The second-order valence-corrected chi connectivity index (χ2v) is 0. The Hall–Kier alpha value is 8.64. The SMILES string of the molecule is [Na+].[Na+].[Na+].[Na+].[Na+].[Na+].[Na+].[Na+].[Na+].[OH-].[OH-].[OH-].[OH-].[OH-].[OH-].[OH-].[OH-].[OH-]. The van der Waals surface area contributed by atoms with E-state index in [1.165, 1.54) is 0 Å². The van der Waals surface area contributed by atoms with E-state index < -0.39 is 0 Å². The van der Waals surface area contributed by atoms with E-state index in [4.69, 9.17) is 0 Å². The minimum atomic E-state index is 0. The molecule has 0 atom stereocenters. The van der Waals surface area contributed by atoms with Crippen molar-refractivity contribution in [1.29, 1.82) is 0 Å². The molecule has 0 aliphatic heterocycles. The summed E-state index contributed by atoms with van der Waals surface area (Å²) in [6.07, 6.45) is 0. The molecule has 0 unspecified atom stereocenters. The molecule has 0 aliphatic carbocycles. The molecule has 0 aromatic heterocycles. The van der Waals surface area contributed by atoms with E-state index in [-0.39, 0.29) is 315 Å². The molecule has 0 heterocycles. The average molecular weight is 360 g/mol. The van der Waals surface area contributed by atoms with E-state index in [0.29, 0.717) is 0 Å². The Morgan fingerprint density at radius 3 is 0.111 bits per heavy atom. The van der Waals surface area contributed by atoms with Crippen molar-refractivity contribution in [3.05, 3.63) is 0 Å². The molecule has 0 saturated carbocycles. The van der Waals surface area contributed by atoms with E-state index in [1.807, 2.05) is 0 Å². The quantitative estimate of drug-likeness (QED) is 0.370. The third kappa shape index (κ3) is 184. The van der Waals surface area contributed by atoms with Gasteiger partial charge in [0.25, 0.3) is 0 Å². The second kappa shape index (κ2) is 209. The molecule has 0 amide bonds. The van der Waals surface area contributed by atoms with Crippen LogP contribution in [0.4, 0.5) is 0 Å². The van der Waals surface area contributed by atoms with Crippen molar-refractivity contribution in [2.45, 2.75) is 0 Å². The minimum absolute atomic E-state index is 0. The van der Waals surface area contributed by atoms with Crippen LogP contribution in [0.3, 0.4) is 0 Å². The summed E-state index contributed by atoms with van der Waals surface area (Å²) in [4.78, 5) is 0. The minimum Gasteiger partial charge on any atom is -0.870 e. The molecule has 9 nitrogen and oxygen atoms in total. The Balaban J connectivity index is 0. The van der Waals surface area contributed by atoms with Crippen LogP contribution in [0.15, 0.2) is 0 Å². The van der Waals surface area contributed by atoms with Crippen molar-refractivity contribution in [3.8, 4) is 0 Å². The van der Waals surface area contributed by atoms with E-state index >= 15 is 0 Å². The van der Waals surface area contributed by atoms with E-state index in [9.17, 15) is 0 Å². The van der Waals surface area contributed by atoms with Gasteiger partial charge in [0, 0.05) is 0 Å². The summed E-state index contributed by atoms with van der Waals surface area (Å²) in [6.45, 7) is 0. The third-order valence-electron chi connectivity index (χ3n) is 0. The van der Waals surface area contributed by atoms with Gasteiger partial charge in [0.1, 0.15) is 0 Å². The fourth-order valence-corrected chi connectivity index (χ4v) is 0. The Kier molecular flexibility index (Phi) is 2720. The number of hydrogen-bond donors (Lipinski definition) is 0. The van der Waals surface area contributed by atoms with Crippen molar-refractivity contribution < 1.29 is 315 Å². The fraction of sp³-hybridized carbons (Fsp3) is 0. The van der Waals surface area contributed by atoms with Crippen LogP contribution in [0.2, 0.25) is 0 Å². The molecular formula is H9Na9O9. The van der Waals surface area contributed by atoms with Gasteiger partial charge < -0.3 is 49.3 Å². The van der Waals surface area contributed by atoms with Crippen LogP contribution < -0.4 is 266 Å². The maximum Gasteiger partial charge on any atom is 1.00 e. The Labute approximate surface area is 306 Å². The van der Waals surface area contributed by atoms with Gasteiger partial charge in [0.05, 0.1) is 0 Å². The van der Waals surface area contributed by atoms with E-state index in [2.05, 4.69) is 0 Å². The van der Waals surface area contributed by atoms with Crippen LogP contribution in [0.1, 0.15) is 0 Å². The Bertz CT molecular complexity index is 18.0. The summed E-state index contributed by atoms with van der Waals surface area (Å²) in [6, 6.07) is 0. The smallest absolute Gasteiger partial charge is 0.870 e. The molecule has 0 rings (SSSR count). The molecular weight excluding hydrogens is 351 g/mol. The molecule has 0 spiro atoms. The molecule has 0 bridgehead atoms. The maximum absolute atomic E-state index is 0. The van der Waals surface area contributed by atoms with Crippen molar-refractivity contribution in [1.82, 2.24) is 0 Å². The first-order chi connectivity index (χ1) is 0. The zero-order valence-electron chi connectivity index (χ0n) is 13.0. The van der Waals surface area contributed by atoms with Gasteiger partial charge >= 0.3 is 266 Å².